The van der Waals surface area contributed by atoms with Gasteiger partial charge in [0, 0.05) is 75.9 Å². The number of ether oxygens (including phenoxy) is 14. The third kappa shape index (κ3) is 23.2. The van der Waals surface area contributed by atoms with Gasteiger partial charge in [-0.3, -0.25) is 38.9 Å². The van der Waals surface area contributed by atoms with Crippen LogP contribution in [0.25, 0.3) is 0 Å². The smallest absolute Gasteiger partial charge is 0.411 e. The van der Waals surface area contributed by atoms with Crippen LogP contribution in [0.1, 0.15) is 128 Å². The molecule has 115 heavy (non-hydrogen) atoms. The Labute approximate surface area is 691 Å². The van der Waals surface area contributed by atoms with Crippen molar-refractivity contribution in [3.05, 3.63) is 79.6 Å². The molecule has 17 unspecified atom stereocenters. The molecule has 2 bridgehead atoms. The van der Waals surface area contributed by atoms with Gasteiger partial charge < -0.3 is 96.5 Å². The van der Waals surface area contributed by atoms with Crippen molar-refractivity contribution >= 4 is 108 Å². The van der Waals surface area contributed by atoms with Gasteiger partial charge in [-0.2, -0.15) is 10.6 Å². The fourth-order valence-corrected chi connectivity index (χ4v) is 17.8. The van der Waals surface area contributed by atoms with Gasteiger partial charge in [-0.15, -0.1) is 5.06 Å². The topological polar surface area (TPSA) is 420 Å². The zero-order valence-electron chi connectivity index (χ0n) is 66.0. The Morgan fingerprint density at radius 3 is 2.20 bits per heavy atom. The molecule has 34 nitrogen and oxygen atoms in total. The average Bonchev–Trinajstić information content (AvgIpc) is 1.43. The van der Waals surface area contributed by atoms with Crippen LogP contribution < -0.4 is 35.2 Å². The average molecular weight is 1780 g/mol. The van der Waals surface area contributed by atoms with Gasteiger partial charge in [-0.05, 0) is 143 Å². The summed E-state index contributed by atoms with van der Waals surface area (Å²) in [5.74, 6) is 6.50. The normalized spacial score (nSPS) is 29.6. The molecular formula is C77H99IN6O28S3. The number of aliphatic hydroxyl groups is 4. The maximum Gasteiger partial charge on any atom is 0.411 e. The molecular weight excluding hydrogens is 1680 g/mol. The second kappa shape index (κ2) is 42.5. The van der Waals surface area contributed by atoms with Crippen LogP contribution in [0.15, 0.2) is 64.4 Å². The fourth-order valence-electron chi connectivity index (χ4n) is 13.7. The molecule has 5 amide bonds. The SMILES string of the molecule is CCN(C(C)=O)C1COC(OC2C(O[C@H]3C#C/C=C\C#CO[C@@H]4CC(=O)C(NC(=O)OC)=C3/C4=C\CSSC(C)(C)CC(=O)N/N=C(\C)c3ccc(OCCCC(=O)ON4C(=O)CCC4=O)cc3)OC(C)C(NOC3CC(O)C(SC(=O)c4c(C)c(I)c(OC5OC(C)C(O)C(OC)C5O)c(OC)c4OC)C(C)O3)C2O)CC1OC. The summed E-state index contributed by atoms with van der Waals surface area (Å²) in [7, 11) is 9.40. The van der Waals surface area contributed by atoms with E-state index in [4.69, 9.17) is 76.0 Å². The number of fused-ring (bicyclic) bond motifs is 2. The van der Waals surface area contributed by atoms with E-state index in [1.165, 1.54) is 69.1 Å². The quantitative estimate of drug-likeness (QED) is 0.00933. The van der Waals surface area contributed by atoms with Crippen molar-refractivity contribution in [1.29, 1.82) is 0 Å². The molecule has 6 heterocycles. The molecule has 9 rings (SSSR count). The molecule has 1 aliphatic carbocycles. The zero-order chi connectivity index (χ0) is 83.7. The molecule has 7 aliphatic rings. The lowest BCUT2D eigenvalue weighted by Crippen LogP contribution is -2.65. The van der Waals surface area contributed by atoms with E-state index in [0.717, 1.165) is 18.9 Å². The molecule has 0 aromatic heterocycles. The number of imide groups is 1. The number of amides is 5. The van der Waals surface area contributed by atoms with E-state index in [-0.39, 0.29) is 116 Å². The summed E-state index contributed by atoms with van der Waals surface area (Å²) < 4.78 is 84.6. The van der Waals surface area contributed by atoms with E-state index in [1.54, 1.807) is 69.9 Å². The van der Waals surface area contributed by atoms with Crippen LogP contribution in [0.3, 0.4) is 0 Å². The van der Waals surface area contributed by atoms with E-state index in [0.29, 0.717) is 43.3 Å². The molecule has 2 aromatic carbocycles. The van der Waals surface area contributed by atoms with Gasteiger partial charge in [-0.25, -0.2) is 15.0 Å². The molecule has 5 saturated heterocycles. The monoisotopic (exact) mass is 1780 g/mol. The number of allylic oxidation sites excluding steroid dienone is 3. The summed E-state index contributed by atoms with van der Waals surface area (Å²) in [5.41, 5.74) is 7.31. The number of Topliss-reactive ketones (excluding diaryl/α,β-unsaturated/α-hetero) is 1. The lowest BCUT2D eigenvalue weighted by molar-refractivity contribution is -0.337. The number of methoxy groups -OCH3 is 5. The van der Waals surface area contributed by atoms with Crippen molar-refractivity contribution in [3.63, 3.8) is 0 Å². The summed E-state index contributed by atoms with van der Waals surface area (Å²) >= 11 is 2.78. The molecule has 630 valence electrons. The Hall–Kier alpha value is -7.17. The number of thioether (sulfide) groups is 1. The predicted octanol–water partition coefficient (Wildman–Crippen LogP) is 5.26. The van der Waals surface area contributed by atoms with Gasteiger partial charge in [0.1, 0.15) is 54.6 Å². The number of hydrazone groups is 1. The van der Waals surface area contributed by atoms with Gasteiger partial charge in [0.05, 0.1) is 116 Å². The number of benzene rings is 2. The Bertz CT molecular complexity index is 4080. The first-order chi connectivity index (χ1) is 54.8. The lowest BCUT2D eigenvalue weighted by Gasteiger charge is -2.47. The highest BCUT2D eigenvalue weighted by Gasteiger charge is 2.52. The number of aliphatic hydroxyl groups excluding tert-OH is 4. The third-order valence-corrected chi connectivity index (χ3v) is 25.5. The third-order valence-electron chi connectivity index (χ3n) is 19.7. The molecule has 7 N–H and O–H groups in total. The summed E-state index contributed by atoms with van der Waals surface area (Å²) in [4.78, 5) is 117. The van der Waals surface area contributed by atoms with Gasteiger partial charge >= 0.3 is 12.1 Å². The van der Waals surface area contributed by atoms with Crippen LogP contribution in [-0.4, -0.2) is 264 Å². The highest BCUT2D eigenvalue weighted by Crippen LogP contribution is 2.49. The maximum absolute atomic E-state index is 14.6. The maximum atomic E-state index is 14.6. The molecule has 2 aromatic rings. The van der Waals surface area contributed by atoms with Gasteiger partial charge in [0.2, 0.25) is 29.0 Å². The van der Waals surface area contributed by atoms with Crippen molar-refractivity contribution in [1.82, 2.24) is 26.2 Å². The number of hydroxylamine groups is 3. The predicted molar refractivity (Wildman–Crippen MR) is 423 cm³/mol. The first-order valence-corrected chi connectivity index (χ1v) is 41.4. The molecule has 19 atom stereocenters. The number of halogens is 1. The van der Waals surface area contributed by atoms with Crippen molar-refractivity contribution < 1.29 is 135 Å². The number of carbonyl (C=O) groups excluding carboxylic acids is 8. The molecule has 38 heteroatoms. The lowest BCUT2D eigenvalue weighted by atomic mass is 9.84. The van der Waals surface area contributed by atoms with Crippen LogP contribution in [0, 0.1) is 34.4 Å². The van der Waals surface area contributed by atoms with E-state index in [2.05, 4.69) is 45.2 Å². The Morgan fingerprint density at radius 2 is 1.54 bits per heavy atom. The van der Waals surface area contributed by atoms with Crippen LogP contribution in [0.2, 0.25) is 0 Å². The number of nitrogens with one attached hydrogen (secondary N) is 3. The van der Waals surface area contributed by atoms with E-state index < -0.39 is 155 Å². The van der Waals surface area contributed by atoms with Crippen LogP contribution in [-0.2, 0) is 85.8 Å². The van der Waals surface area contributed by atoms with Crippen molar-refractivity contribution in [2.45, 2.75) is 234 Å². The molecule has 0 radical (unpaired) electrons. The van der Waals surface area contributed by atoms with Gasteiger partial charge in [-0.1, -0.05) is 51.3 Å². The summed E-state index contributed by atoms with van der Waals surface area (Å²) in [5, 5.41) is 52.5. The van der Waals surface area contributed by atoms with Crippen molar-refractivity contribution in [2.24, 2.45) is 5.10 Å². The Kier molecular flexibility index (Phi) is 33.9. The number of likely N-dealkylation sites (N-methyl/N-ethyl adjacent to an activating group) is 1. The van der Waals surface area contributed by atoms with Crippen LogP contribution in [0.5, 0.6) is 23.0 Å². The number of nitrogens with zero attached hydrogens (tertiary/aromatic N) is 3. The molecule has 6 aliphatic heterocycles. The number of rotatable bonds is 32. The number of ketones is 1. The van der Waals surface area contributed by atoms with Crippen LogP contribution >= 0.6 is 55.9 Å². The largest absolute Gasteiger partial charge is 0.494 e. The summed E-state index contributed by atoms with van der Waals surface area (Å²) in [6, 6.07) is 5.20. The number of alkyl carbamates (subject to hydrolysis) is 1. The first kappa shape index (κ1) is 91.7. The molecule has 0 saturated carbocycles. The Balaban J connectivity index is 0.899. The number of hydrogen-bond donors (Lipinski definition) is 7. The summed E-state index contributed by atoms with van der Waals surface area (Å²) in [6.45, 7) is 15.7. The highest BCUT2D eigenvalue weighted by molar-refractivity contribution is 14.1. The Morgan fingerprint density at radius 1 is 0.835 bits per heavy atom. The first-order valence-electron chi connectivity index (χ1n) is 37.1. The minimum absolute atomic E-state index is 0.00320. The van der Waals surface area contributed by atoms with Crippen molar-refractivity contribution in [3.8, 4) is 46.9 Å². The molecule has 0 spiro atoms. The van der Waals surface area contributed by atoms with Crippen LogP contribution in [0.4, 0.5) is 4.79 Å². The minimum atomic E-state index is -1.64. The van der Waals surface area contributed by atoms with Gasteiger partial charge in [0.25, 0.3) is 11.8 Å². The standard InChI is InChI=1S/C77H99IN6O28S3/c1-15-83(43(7)85)47-37-104-57(35-52(47)97-10)109-70-65(93)62(82-111-58-34-49(87)72(42(6)105-58)114-73(95)59-38(2)61(78)68(71(100-13)67(59)98-11)110-74-66(94)69(99-12)64(92)41(5)107-74)40(4)106-75(70)108-50-21-18-16-17-19-30-103-51-33-48(86)63(79-76(96)101-14)60(50)46(51)29-32-113-115-77(8,9)36-53(88)81-80-39(3)44-23-25-45(26-24-44)102-31-20-22-56(91)112-84-54(89)27-28-55(84)90/h16-17,23-26,29,40-42,47,49-52,57-58,62,64-66,69-70,72,74-75,82,87,92-94H,15,20,22,27-28,31-37H2,1-14H3,(H,79,96)(H,81,88)/b17-16-,46-29-,80-39+/t40?,41?,42?,47?,49?,50-,51+,52?,57?,58?,62?,64?,65?,66?,69?,70?,72?,74?,75?/m0/s1. The van der Waals surface area contributed by atoms with E-state index in [1.807, 2.05) is 43.4 Å². The summed E-state index contributed by atoms with van der Waals surface area (Å²) in [6.07, 6.45) is -13.3. The minimum Gasteiger partial charge on any atom is -0.494 e. The number of carbonyl (C=O) groups is 8. The highest BCUT2D eigenvalue weighted by atomic mass is 127. The van der Waals surface area contributed by atoms with E-state index in [9.17, 15) is 58.8 Å². The number of hydrogen-bond acceptors (Lipinski definition) is 33. The van der Waals surface area contributed by atoms with Gasteiger partial charge in [0.15, 0.2) is 36.2 Å². The fraction of sp³-hybridized carbons (Fsp3) is 0.597. The second-order valence-corrected chi connectivity index (χ2v) is 33.4. The second-order valence-electron chi connectivity index (χ2n) is 28.1. The van der Waals surface area contributed by atoms with Crippen molar-refractivity contribution in [2.75, 3.05) is 61.1 Å². The zero-order valence-corrected chi connectivity index (χ0v) is 70.6. The van der Waals surface area contributed by atoms with E-state index >= 15 is 0 Å². The molecule has 5 fully saturated rings.